The highest BCUT2D eigenvalue weighted by Gasteiger charge is 2.39. The van der Waals surface area contributed by atoms with Gasteiger partial charge in [-0.05, 0) is 30.2 Å². The molecule has 5 nitrogen and oxygen atoms in total. The molecule has 2 heterocycles. The molecule has 0 bridgehead atoms. The van der Waals surface area contributed by atoms with Crippen LogP contribution >= 0.6 is 24.0 Å². The van der Waals surface area contributed by atoms with Crippen LogP contribution in [0, 0.1) is 5.92 Å². The number of hydrogen-bond donors (Lipinski definition) is 0. The lowest BCUT2D eigenvalue weighted by molar-refractivity contribution is -0.311. The molecule has 1 aromatic heterocycles. The summed E-state index contributed by atoms with van der Waals surface area (Å²) in [6.45, 7) is 3.62. The number of carbonyl (C=O) groups is 2. The number of carboxylic acids is 1. The molecule has 1 amide bonds. The number of hydrogen-bond acceptors (Lipinski definition) is 6. The Morgan fingerprint density at radius 2 is 2.30 bits per heavy atom. The quantitative estimate of drug-likeness (QED) is 0.578. The van der Waals surface area contributed by atoms with Crippen LogP contribution < -0.4 is 5.11 Å². The number of nitrogens with zero attached hydrogens (tertiary/aromatic N) is 1. The first-order valence-corrected chi connectivity index (χ1v) is 8.36. The van der Waals surface area contributed by atoms with E-state index >= 15 is 0 Å². The molecule has 0 spiro atoms. The second-order valence-corrected chi connectivity index (χ2v) is 6.77. The van der Waals surface area contributed by atoms with Crippen molar-refractivity contribution in [1.82, 2.24) is 4.90 Å². The summed E-state index contributed by atoms with van der Waals surface area (Å²) in [5.74, 6) is -1.29. The van der Waals surface area contributed by atoms with E-state index < -0.39 is 17.9 Å². The van der Waals surface area contributed by atoms with Crippen LogP contribution in [0.1, 0.15) is 26.0 Å². The monoisotopic (exact) mass is 350 g/mol. The van der Waals surface area contributed by atoms with Crippen LogP contribution in [0.25, 0.3) is 6.08 Å². The molecule has 7 heteroatoms. The number of furan rings is 1. The predicted molar refractivity (Wildman–Crippen MR) is 91.1 cm³/mol. The van der Waals surface area contributed by atoms with Gasteiger partial charge in [0.1, 0.15) is 10.1 Å². The number of allylic oxidation sites excluding steroid dienone is 2. The van der Waals surface area contributed by atoms with Crippen molar-refractivity contribution in [3.05, 3.63) is 41.2 Å². The Labute approximate surface area is 144 Å². The third-order valence-electron chi connectivity index (χ3n) is 3.58. The Kier molecular flexibility index (Phi) is 5.79. The molecule has 23 heavy (non-hydrogen) atoms. The summed E-state index contributed by atoms with van der Waals surface area (Å²) in [7, 11) is 0. The van der Waals surface area contributed by atoms with E-state index in [1.165, 1.54) is 0 Å². The van der Waals surface area contributed by atoms with Gasteiger partial charge in [0.15, 0.2) is 0 Å². The van der Waals surface area contributed by atoms with Gasteiger partial charge in [-0.1, -0.05) is 50.3 Å². The third-order valence-corrected chi connectivity index (χ3v) is 4.93. The van der Waals surface area contributed by atoms with Crippen LogP contribution in [0.5, 0.6) is 0 Å². The summed E-state index contributed by atoms with van der Waals surface area (Å²) in [5.41, 5.74) is 0. The Morgan fingerprint density at radius 3 is 2.87 bits per heavy atom. The molecule has 0 unspecified atom stereocenters. The molecule has 0 radical (unpaired) electrons. The normalized spacial score (nSPS) is 19.7. The predicted octanol–water partition coefficient (Wildman–Crippen LogP) is 2.20. The maximum Gasteiger partial charge on any atom is 0.266 e. The van der Waals surface area contributed by atoms with Gasteiger partial charge in [0.05, 0.1) is 23.2 Å². The zero-order valence-electron chi connectivity index (χ0n) is 12.7. The summed E-state index contributed by atoms with van der Waals surface area (Å²) in [6, 6.07) is 2.49. The number of carbonyl (C=O) groups excluding carboxylic acids is 2. The average Bonchev–Trinajstić information content (AvgIpc) is 3.11. The Hall–Kier alpha value is -1.86. The van der Waals surface area contributed by atoms with Crippen molar-refractivity contribution >= 4 is 46.3 Å². The first kappa shape index (κ1) is 17.5. The molecule has 1 aromatic rings. The highest BCUT2D eigenvalue weighted by molar-refractivity contribution is 8.26. The van der Waals surface area contributed by atoms with E-state index in [2.05, 4.69) is 0 Å². The van der Waals surface area contributed by atoms with E-state index in [1.54, 1.807) is 43.5 Å². The number of carboxylic acid groups (broad SMARTS) is 1. The van der Waals surface area contributed by atoms with Gasteiger partial charge in [-0.15, -0.1) is 0 Å². The van der Waals surface area contributed by atoms with Gasteiger partial charge < -0.3 is 14.3 Å². The van der Waals surface area contributed by atoms with Crippen LogP contribution in [0.2, 0.25) is 0 Å². The minimum Gasteiger partial charge on any atom is -0.548 e. The number of aliphatic carboxylic acids is 1. The molecule has 0 N–H and O–H groups in total. The van der Waals surface area contributed by atoms with Crippen molar-refractivity contribution in [3.8, 4) is 0 Å². The topological polar surface area (TPSA) is 73.6 Å². The molecule has 2 rings (SSSR count). The van der Waals surface area contributed by atoms with E-state index in [9.17, 15) is 14.7 Å². The highest BCUT2D eigenvalue weighted by Crippen LogP contribution is 2.34. The number of rotatable bonds is 6. The van der Waals surface area contributed by atoms with E-state index in [0.29, 0.717) is 17.1 Å². The summed E-state index contributed by atoms with van der Waals surface area (Å²) in [5, 5.41) is 11.4. The van der Waals surface area contributed by atoms with Gasteiger partial charge in [0.25, 0.3) is 5.91 Å². The molecular weight excluding hydrogens is 334 g/mol. The number of thiocarbonyl (C=S) groups is 1. The number of thioether (sulfide) groups is 1. The maximum atomic E-state index is 12.5. The zero-order chi connectivity index (χ0) is 17.0. The molecule has 0 aromatic carbocycles. The summed E-state index contributed by atoms with van der Waals surface area (Å²) in [4.78, 5) is 25.4. The van der Waals surface area contributed by atoms with Crippen LogP contribution in [0.3, 0.4) is 0 Å². The van der Waals surface area contributed by atoms with Gasteiger partial charge in [-0.25, -0.2) is 0 Å². The third kappa shape index (κ3) is 3.92. The van der Waals surface area contributed by atoms with Crippen molar-refractivity contribution in [2.24, 2.45) is 5.92 Å². The smallest absolute Gasteiger partial charge is 0.266 e. The van der Waals surface area contributed by atoms with Crippen molar-refractivity contribution in [2.45, 2.75) is 26.3 Å². The fourth-order valence-corrected chi connectivity index (χ4v) is 3.45. The summed E-state index contributed by atoms with van der Waals surface area (Å²) >= 11 is 6.27. The number of amides is 1. The fourth-order valence-electron chi connectivity index (χ4n) is 2.17. The first-order valence-electron chi connectivity index (χ1n) is 7.13. The van der Waals surface area contributed by atoms with Crippen LogP contribution in [0.4, 0.5) is 0 Å². The van der Waals surface area contributed by atoms with Gasteiger partial charge in [-0.3, -0.25) is 9.69 Å². The lowest BCUT2D eigenvalue weighted by Gasteiger charge is -2.32. The van der Waals surface area contributed by atoms with Gasteiger partial charge in [0, 0.05) is 0 Å². The molecule has 1 fully saturated rings. The van der Waals surface area contributed by atoms with E-state index in [4.69, 9.17) is 16.6 Å². The molecule has 2 atom stereocenters. The van der Waals surface area contributed by atoms with Crippen molar-refractivity contribution in [1.29, 1.82) is 0 Å². The zero-order valence-corrected chi connectivity index (χ0v) is 14.4. The minimum atomic E-state index is -1.29. The van der Waals surface area contributed by atoms with Crippen molar-refractivity contribution in [2.75, 3.05) is 0 Å². The molecule has 1 saturated heterocycles. The van der Waals surface area contributed by atoms with Crippen LogP contribution in [0.15, 0.2) is 39.9 Å². The summed E-state index contributed by atoms with van der Waals surface area (Å²) < 4.78 is 5.39. The van der Waals surface area contributed by atoms with Gasteiger partial charge in [-0.2, -0.15) is 0 Å². The minimum absolute atomic E-state index is 0.238. The van der Waals surface area contributed by atoms with Crippen molar-refractivity contribution in [3.63, 3.8) is 0 Å². The molecule has 0 aliphatic carbocycles. The molecule has 0 saturated carbocycles. The molecule has 1 aliphatic rings. The second-order valence-electron chi connectivity index (χ2n) is 5.10. The SMILES string of the molecule is CC[C@H](C)[C@H](C(=O)[O-])N1C(=O)/C(=C/C=C/c2ccco2)SC1=S. The van der Waals surface area contributed by atoms with E-state index in [1.807, 2.05) is 6.92 Å². The highest BCUT2D eigenvalue weighted by atomic mass is 32.2. The van der Waals surface area contributed by atoms with Gasteiger partial charge >= 0.3 is 0 Å². The van der Waals surface area contributed by atoms with Crippen molar-refractivity contribution < 1.29 is 19.1 Å². The lowest BCUT2D eigenvalue weighted by atomic mass is 9.98. The molecule has 1 aliphatic heterocycles. The maximum absolute atomic E-state index is 12.5. The Morgan fingerprint density at radius 1 is 1.57 bits per heavy atom. The second kappa shape index (κ2) is 7.61. The average molecular weight is 350 g/mol. The largest absolute Gasteiger partial charge is 0.548 e. The Bertz CT molecular complexity index is 664. The van der Waals surface area contributed by atoms with E-state index in [0.717, 1.165) is 16.7 Å². The first-order chi connectivity index (χ1) is 11.0. The molecule has 122 valence electrons. The Balaban J connectivity index is 2.20. The van der Waals surface area contributed by atoms with Crippen LogP contribution in [-0.2, 0) is 9.59 Å². The standard InChI is InChI=1S/C16H17NO4S2/c1-3-10(2)13(15(19)20)17-14(18)12(23-16(17)22)8-4-6-11-7-5-9-21-11/h4-10,13H,3H2,1-2H3,(H,19,20)/p-1/b6-4+,12-8-/t10-,13+/m0/s1. The van der Waals surface area contributed by atoms with E-state index in [-0.39, 0.29) is 10.2 Å². The van der Waals surface area contributed by atoms with Gasteiger partial charge in [0.2, 0.25) is 0 Å². The molecular formula is C16H16NO4S2-. The lowest BCUT2D eigenvalue weighted by Crippen LogP contribution is -2.53. The van der Waals surface area contributed by atoms with Crippen LogP contribution in [-0.4, -0.2) is 27.1 Å². The fraction of sp³-hybridized carbons (Fsp3) is 0.312. The summed E-state index contributed by atoms with van der Waals surface area (Å²) in [6.07, 6.45) is 7.13.